The first-order valence-electron chi connectivity index (χ1n) is 2.40. The number of nitrogens with two attached hydrogens (primary N) is 1. The maximum absolute atomic E-state index is 12.2. The highest BCUT2D eigenvalue weighted by Gasteiger charge is 1.96. The van der Waals surface area contributed by atoms with Gasteiger partial charge in [0.1, 0.15) is 11.6 Å². The molecule has 0 unspecified atom stereocenters. The molecule has 1 aromatic rings. The van der Waals surface area contributed by atoms with Crippen molar-refractivity contribution in [1.82, 2.24) is 0 Å². The Kier molecular flexibility index (Phi) is 3.09. The molecule has 1 aromatic carbocycles. The molecule has 0 amide bonds. The van der Waals surface area contributed by atoms with Crippen LogP contribution in [-0.2, 0) is 0 Å². The Labute approximate surface area is 63.3 Å². The molecule has 0 saturated carbocycles. The van der Waals surface area contributed by atoms with Crippen LogP contribution >= 0.6 is 12.4 Å². The third-order valence-electron chi connectivity index (χ3n) is 0.962. The molecule has 0 spiro atoms. The normalized spacial score (nSPS) is 8.60. The number of anilines is 1. The van der Waals surface area contributed by atoms with Gasteiger partial charge in [0.2, 0.25) is 0 Å². The molecule has 0 aromatic heterocycles. The van der Waals surface area contributed by atoms with Crippen molar-refractivity contribution in [3.05, 3.63) is 29.8 Å². The van der Waals surface area contributed by atoms with Gasteiger partial charge in [0.05, 0.1) is 5.69 Å². The van der Waals surface area contributed by atoms with Crippen LogP contribution in [0.5, 0.6) is 0 Å². The fourth-order valence-corrected chi connectivity index (χ4v) is 0.502. The fraction of sp³-hybridized carbons (Fsp3) is 0. The van der Waals surface area contributed by atoms with Crippen molar-refractivity contribution in [2.45, 2.75) is 0 Å². The summed E-state index contributed by atoms with van der Waals surface area (Å²) >= 11 is 0. The number of hydrogen-bond acceptors (Lipinski definition) is 1. The zero-order valence-electron chi connectivity index (χ0n) is 4.97. The molecule has 1 nitrogen and oxygen atoms in total. The predicted octanol–water partition coefficient (Wildman–Crippen LogP) is 1.97. The lowest BCUT2D eigenvalue weighted by atomic mass is 10.3. The van der Waals surface area contributed by atoms with Gasteiger partial charge in [0.15, 0.2) is 0 Å². The highest BCUT2D eigenvalue weighted by Crippen LogP contribution is 2.09. The molecule has 0 radical (unpaired) electrons. The lowest BCUT2D eigenvalue weighted by Crippen LogP contribution is -1.89. The van der Waals surface area contributed by atoms with Gasteiger partial charge in [-0.05, 0) is 12.1 Å². The second-order valence-electron chi connectivity index (χ2n) is 1.67. The van der Waals surface area contributed by atoms with E-state index in [0.717, 1.165) is 12.1 Å². The van der Waals surface area contributed by atoms with Crippen molar-refractivity contribution in [1.29, 1.82) is 0 Å². The van der Waals surface area contributed by atoms with E-state index in [9.17, 15) is 8.78 Å². The van der Waals surface area contributed by atoms with E-state index in [1.54, 1.807) is 0 Å². The third kappa shape index (κ3) is 1.84. The van der Waals surface area contributed by atoms with Crippen LogP contribution in [0, 0.1) is 11.6 Å². The summed E-state index contributed by atoms with van der Waals surface area (Å²) in [7, 11) is 0. The molecule has 1 rings (SSSR count). The molecule has 2 N–H and O–H groups in total. The van der Waals surface area contributed by atoms with Crippen molar-refractivity contribution in [2.75, 3.05) is 5.73 Å². The van der Waals surface area contributed by atoms with Crippen LogP contribution in [0.1, 0.15) is 0 Å². The maximum Gasteiger partial charge on any atom is 0.148 e. The Morgan fingerprint density at radius 3 is 2.20 bits per heavy atom. The molecule has 0 aliphatic carbocycles. The Hall–Kier alpha value is -0.830. The molecule has 4 heteroatoms. The summed E-state index contributed by atoms with van der Waals surface area (Å²) in [4.78, 5) is 0. The molecule has 56 valence electrons. The minimum atomic E-state index is -0.713. The minimum absolute atomic E-state index is 0. The van der Waals surface area contributed by atoms with Gasteiger partial charge in [-0.25, -0.2) is 8.78 Å². The smallest absolute Gasteiger partial charge is 0.148 e. The zero-order chi connectivity index (χ0) is 6.85. The first-order chi connectivity index (χ1) is 4.20. The Bertz CT molecular complexity index is 227. The van der Waals surface area contributed by atoms with Crippen molar-refractivity contribution in [3.63, 3.8) is 0 Å². The standard InChI is InChI=1S/C6H5F2N.ClH/c7-4-1-2-6(9)5(8)3-4;/h1-3H,9H2;1H. The summed E-state index contributed by atoms with van der Waals surface area (Å²) < 4.78 is 24.3. The molecule has 0 bridgehead atoms. The van der Waals surface area contributed by atoms with Crippen LogP contribution < -0.4 is 5.73 Å². The molecule has 0 saturated heterocycles. The summed E-state index contributed by atoms with van der Waals surface area (Å²) in [6.45, 7) is 0. The molecule has 0 atom stereocenters. The van der Waals surface area contributed by atoms with Gasteiger partial charge < -0.3 is 5.73 Å². The quantitative estimate of drug-likeness (QED) is 0.585. The summed E-state index contributed by atoms with van der Waals surface area (Å²) in [5.74, 6) is -1.32. The number of rotatable bonds is 0. The van der Waals surface area contributed by atoms with Crippen LogP contribution in [0.2, 0.25) is 0 Å². The van der Waals surface area contributed by atoms with Gasteiger partial charge in [-0.2, -0.15) is 0 Å². The first kappa shape index (κ1) is 9.17. The Balaban J connectivity index is 0.000000810. The van der Waals surface area contributed by atoms with E-state index < -0.39 is 11.6 Å². The van der Waals surface area contributed by atoms with E-state index in [2.05, 4.69) is 0 Å². The lowest BCUT2D eigenvalue weighted by molar-refractivity contribution is 0.586. The topological polar surface area (TPSA) is 26.0 Å². The number of benzene rings is 1. The summed E-state index contributed by atoms with van der Waals surface area (Å²) in [6, 6.07) is 3.04. The van der Waals surface area contributed by atoms with Crippen molar-refractivity contribution >= 4 is 18.1 Å². The molecule has 0 heterocycles. The lowest BCUT2D eigenvalue weighted by Gasteiger charge is -1.92. The largest absolute Gasteiger partial charge is 0.396 e. The zero-order valence-corrected chi connectivity index (χ0v) is 5.79. The van der Waals surface area contributed by atoms with Crippen LogP contribution in [-0.4, -0.2) is 0 Å². The molecule has 10 heavy (non-hydrogen) atoms. The summed E-state index contributed by atoms with van der Waals surface area (Å²) in [5.41, 5.74) is 5.02. The Morgan fingerprint density at radius 2 is 1.80 bits per heavy atom. The van der Waals surface area contributed by atoms with Gasteiger partial charge in [0.25, 0.3) is 0 Å². The van der Waals surface area contributed by atoms with Gasteiger partial charge in [-0.15, -0.1) is 12.4 Å². The van der Waals surface area contributed by atoms with Gasteiger partial charge in [-0.3, -0.25) is 0 Å². The highest BCUT2D eigenvalue weighted by molar-refractivity contribution is 5.85. The van der Waals surface area contributed by atoms with E-state index in [4.69, 9.17) is 5.73 Å². The average molecular weight is 166 g/mol. The molecule has 0 aliphatic rings. The van der Waals surface area contributed by atoms with Crippen LogP contribution in [0.25, 0.3) is 0 Å². The third-order valence-corrected chi connectivity index (χ3v) is 0.962. The van der Waals surface area contributed by atoms with Gasteiger partial charge >= 0.3 is 0 Å². The maximum atomic E-state index is 12.2. The molecule has 0 aliphatic heterocycles. The van der Waals surface area contributed by atoms with Crippen molar-refractivity contribution in [3.8, 4) is 0 Å². The first-order valence-corrected chi connectivity index (χ1v) is 2.40. The van der Waals surface area contributed by atoms with E-state index >= 15 is 0 Å². The minimum Gasteiger partial charge on any atom is -0.396 e. The molecular weight excluding hydrogens is 160 g/mol. The van der Waals surface area contributed by atoms with Crippen LogP contribution in [0.4, 0.5) is 14.5 Å². The number of nitrogen functional groups attached to an aromatic ring is 1. The highest BCUT2D eigenvalue weighted by atomic mass is 35.5. The van der Waals surface area contributed by atoms with Crippen molar-refractivity contribution in [2.24, 2.45) is 0 Å². The fourth-order valence-electron chi connectivity index (χ4n) is 0.502. The molecular formula is C6H6ClF2N. The summed E-state index contributed by atoms with van der Waals surface area (Å²) in [6.07, 6.45) is 0. The Morgan fingerprint density at radius 1 is 1.20 bits per heavy atom. The SMILES string of the molecule is Cl.Nc1ccc(F)cc1F. The van der Waals surface area contributed by atoms with E-state index in [1.165, 1.54) is 6.07 Å². The van der Waals surface area contributed by atoms with Crippen LogP contribution in [0.15, 0.2) is 18.2 Å². The van der Waals surface area contributed by atoms with E-state index in [-0.39, 0.29) is 18.1 Å². The van der Waals surface area contributed by atoms with E-state index in [0.29, 0.717) is 0 Å². The van der Waals surface area contributed by atoms with E-state index in [1.807, 2.05) is 0 Å². The monoisotopic (exact) mass is 165 g/mol. The van der Waals surface area contributed by atoms with Crippen LogP contribution in [0.3, 0.4) is 0 Å². The molecule has 0 fully saturated rings. The summed E-state index contributed by atoms with van der Waals surface area (Å²) in [5, 5.41) is 0. The van der Waals surface area contributed by atoms with Gasteiger partial charge in [0, 0.05) is 6.07 Å². The van der Waals surface area contributed by atoms with Gasteiger partial charge in [-0.1, -0.05) is 0 Å². The second-order valence-corrected chi connectivity index (χ2v) is 1.67. The predicted molar refractivity (Wildman–Crippen MR) is 38.0 cm³/mol. The number of halogens is 3. The van der Waals surface area contributed by atoms with Crippen molar-refractivity contribution < 1.29 is 8.78 Å². The second kappa shape index (κ2) is 3.37. The number of hydrogen-bond donors (Lipinski definition) is 1. The average Bonchev–Trinajstić information content (AvgIpc) is 1.80.